The number of rotatable bonds is 2. The molecule has 2 rings (SSSR count). The number of hydrogen-bond acceptors (Lipinski definition) is 3. The van der Waals surface area contributed by atoms with Gasteiger partial charge < -0.3 is 10.2 Å². The lowest BCUT2D eigenvalue weighted by atomic mass is 9.95. The van der Waals surface area contributed by atoms with Crippen LogP contribution in [-0.2, 0) is 0 Å². The fourth-order valence-corrected chi connectivity index (χ4v) is 2.83. The molecule has 2 N–H and O–H groups in total. The van der Waals surface area contributed by atoms with Crippen LogP contribution in [0.3, 0.4) is 0 Å². The largest absolute Gasteiger partial charge is 0.395 e. The molecule has 0 aromatic carbocycles. The van der Waals surface area contributed by atoms with Crippen LogP contribution in [0.5, 0.6) is 0 Å². The maximum atomic E-state index is 9.32. The van der Waals surface area contributed by atoms with E-state index in [9.17, 15) is 5.11 Å². The van der Waals surface area contributed by atoms with Crippen LogP contribution in [0.15, 0.2) is 0 Å². The van der Waals surface area contributed by atoms with Gasteiger partial charge in [-0.15, -0.1) is 0 Å². The lowest BCUT2D eigenvalue weighted by Crippen LogP contribution is -2.46. The molecule has 2 aliphatic rings. The van der Waals surface area contributed by atoms with Crippen LogP contribution >= 0.6 is 0 Å². The lowest BCUT2D eigenvalue weighted by Gasteiger charge is -2.32. The van der Waals surface area contributed by atoms with Crippen LogP contribution in [0.1, 0.15) is 25.7 Å². The van der Waals surface area contributed by atoms with E-state index < -0.39 is 0 Å². The predicted molar refractivity (Wildman–Crippen MR) is 45.9 cm³/mol. The van der Waals surface area contributed by atoms with E-state index in [2.05, 4.69) is 4.90 Å². The molecule has 2 saturated heterocycles. The minimum absolute atomic E-state index is 0.0490. The van der Waals surface area contributed by atoms with Crippen molar-refractivity contribution in [2.24, 2.45) is 0 Å². The quantitative estimate of drug-likeness (QED) is 0.613. The van der Waals surface area contributed by atoms with Crippen LogP contribution in [0.2, 0.25) is 0 Å². The highest BCUT2D eigenvalue weighted by molar-refractivity contribution is 5.03. The summed E-state index contributed by atoms with van der Waals surface area (Å²) >= 11 is 0. The number of aliphatic hydroxyl groups excluding tert-OH is 2. The predicted octanol–water partition coefficient (Wildman–Crippen LogP) is -0.0320. The molecule has 3 heteroatoms. The third-order valence-corrected chi connectivity index (χ3v) is 3.54. The molecular formula is C9H17NO2. The van der Waals surface area contributed by atoms with Gasteiger partial charge in [-0.05, 0) is 32.2 Å². The second-order valence-electron chi connectivity index (χ2n) is 4.05. The highest BCUT2D eigenvalue weighted by Gasteiger charge is 2.48. The Morgan fingerprint density at radius 3 is 2.83 bits per heavy atom. The Morgan fingerprint density at radius 2 is 2.17 bits per heavy atom. The second kappa shape index (κ2) is 2.98. The zero-order valence-electron chi connectivity index (χ0n) is 7.37. The fourth-order valence-electron chi connectivity index (χ4n) is 2.83. The van der Waals surface area contributed by atoms with E-state index in [0.717, 1.165) is 25.8 Å². The van der Waals surface area contributed by atoms with Crippen LogP contribution in [-0.4, -0.2) is 46.5 Å². The zero-order valence-corrected chi connectivity index (χ0v) is 7.37. The molecule has 0 spiro atoms. The van der Waals surface area contributed by atoms with Crippen molar-refractivity contribution in [3.05, 3.63) is 0 Å². The molecule has 0 aromatic rings. The topological polar surface area (TPSA) is 43.7 Å². The number of hydrogen-bond donors (Lipinski definition) is 2. The Hall–Kier alpha value is -0.120. The SMILES string of the molecule is OC[C@@H]1CC[C@@]2(CO)CCCN12. The standard InChI is InChI=1S/C9H17NO2/c11-6-8-2-4-9(7-12)3-1-5-10(8)9/h8,11-12H,1-7H2/t8-,9+/m0/s1. The van der Waals surface area contributed by atoms with E-state index in [1.807, 2.05) is 0 Å². The highest BCUT2D eigenvalue weighted by Crippen LogP contribution is 2.41. The van der Waals surface area contributed by atoms with Crippen LogP contribution < -0.4 is 0 Å². The summed E-state index contributed by atoms with van der Waals surface area (Å²) in [4.78, 5) is 2.31. The van der Waals surface area contributed by atoms with Gasteiger partial charge in [-0.25, -0.2) is 0 Å². The minimum atomic E-state index is 0.0490. The zero-order chi connectivity index (χ0) is 8.60. The van der Waals surface area contributed by atoms with E-state index in [1.54, 1.807) is 0 Å². The van der Waals surface area contributed by atoms with Gasteiger partial charge in [-0.2, -0.15) is 0 Å². The summed E-state index contributed by atoms with van der Waals surface area (Å²) in [6, 6.07) is 0.319. The van der Waals surface area contributed by atoms with E-state index >= 15 is 0 Å². The van der Waals surface area contributed by atoms with Crippen LogP contribution in [0.25, 0.3) is 0 Å². The Labute approximate surface area is 73.0 Å². The number of aliphatic hydroxyl groups is 2. The first-order valence-corrected chi connectivity index (χ1v) is 4.81. The van der Waals surface area contributed by atoms with E-state index in [0.29, 0.717) is 6.04 Å². The smallest absolute Gasteiger partial charge is 0.0615 e. The average Bonchev–Trinajstić information content (AvgIpc) is 2.61. The second-order valence-corrected chi connectivity index (χ2v) is 4.05. The van der Waals surface area contributed by atoms with Gasteiger partial charge in [-0.3, -0.25) is 4.90 Å². The molecule has 0 aliphatic carbocycles. The number of nitrogens with zero attached hydrogens (tertiary/aromatic N) is 1. The summed E-state index contributed by atoms with van der Waals surface area (Å²) in [6.45, 7) is 1.58. The fraction of sp³-hybridized carbons (Fsp3) is 1.00. The molecule has 12 heavy (non-hydrogen) atoms. The summed E-state index contributed by atoms with van der Waals surface area (Å²) in [5.74, 6) is 0. The van der Waals surface area contributed by atoms with Crippen molar-refractivity contribution in [2.75, 3.05) is 19.8 Å². The number of fused-ring (bicyclic) bond motifs is 1. The summed E-state index contributed by atoms with van der Waals surface area (Å²) in [5, 5.41) is 18.4. The Balaban J connectivity index is 2.14. The van der Waals surface area contributed by atoms with Gasteiger partial charge >= 0.3 is 0 Å². The first-order valence-electron chi connectivity index (χ1n) is 4.81. The molecule has 0 radical (unpaired) electrons. The maximum Gasteiger partial charge on any atom is 0.0615 e. The normalized spacial score (nSPS) is 42.0. The van der Waals surface area contributed by atoms with Crippen molar-refractivity contribution in [2.45, 2.75) is 37.3 Å². The monoisotopic (exact) mass is 171 g/mol. The third-order valence-electron chi connectivity index (χ3n) is 3.54. The molecule has 2 atom stereocenters. The van der Waals surface area contributed by atoms with Gasteiger partial charge in [0, 0.05) is 11.6 Å². The third kappa shape index (κ3) is 1.00. The van der Waals surface area contributed by atoms with Gasteiger partial charge in [0.2, 0.25) is 0 Å². The molecule has 0 aromatic heterocycles. The molecule has 2 aliphatic heterocycles. The van der Waals surface area contributed by atoms with Crippen molar-refractivity contribution in [1.82, 2.24) is 4.90 Å². The van der Waals surface area contributed by atoms with Crippen LogP contribution in [0, 0.1) is 0 Å². The average molecular weight is 171 g/mol. The Bertz CT molecular complexity index is 174. The van der Waals surface area contributed by atoms with Crippen molar-refractivity contribution in [3.8, 4) is 0 Å². The molecule has 3 nitrogen and oxygen atoms in total. The molecule has 0 unspecified atom stereocenters. The molecule has 0 amide bonds. The summed E-state index contributed by atoms with van der Waals surface area (Å²) < 4.78 is 0. The van der Waals surface area contributed by atoms with E-state index in [4.69, 9.17) is 5.11 Å². The Kier molecular flexibility index (Phi) is 2.10. The van der Waals surface area contributed by atoms with Gasteiger partial charge in [0.1, 0.15) is 0 Å². The molecular weight excluding hydrogens is 154 g/mol. The van der Waals surface area contributed by atoms with Gasteiger partial charge in [0.15, 0.2) is 0 Å². The van der Waals surface area contributed by atoms with Crippen molar-refractivity contribution >= 4 is 0 Å². The minimum Gasteiger partial charge on any atom is -0.395 e. The van der Waals surface area contributed by atoms with E-state index in [1.165, 1.54) is 6.42 Å². The maximum absolute atomic E-state index is 9.32. The lowest BCUT2D eigenvalue weighted by molar-refractivity contribution is 0.0590. The van der Waals surface area contributed by atoms with Gasteiger partial charge in [0.25, 0.3) is 0 Å². The van der Waals surface area contributed by atoms with Crippen molar-refractivity contribution < 1.29 is 10.2 Å². The summed E-state index contributed by atoms with van der Waals surface area (Å²) in [7, 11) is 0. The summed E-state index contributed by atoms with van der Waals surface area (Å²) in [6.07, 6.45) is 4.41. The van der Waals surface area contributed by atoms with Crippen LogP contribution in [0.4, 0.5) is 0 Å². The first kappa shape index (κ1) is 8.48. The van der Waals surface area contributed by atoms with Gasteiger partial charge in [0.05, 0.1) is 13.2 Å². The Morgan fingerprint density at radius 1 is 1.33 bits per heavy atom. The molecule has 2 fully saturated rings. The van der Waals surface area contributed by atoms with Crippen molar-refractivity contribution in [3.63, 3.8) is 0 Å². The first-order chi connectivity index (χ1) is 5.82. The molecule has 0 bridgehead atoms. The van der Waals surface area contributed by atoms with Gasteiger partial charge in [-0.1, -0.05) is 0 Å². The molecule has 0 saturated carbocycles. The van der Waals surface area contributed by atoms with E-state index in [-0.39, 0.29) is 18.8 Å². The molecule has 70 valence electrons. The van der Waals surface area contributed by atoms with Crippen molar-refractivity contribution in [1.29, 1.82) is 0 Å². The highest BCUT2D eigenvalue weighted by atomic mass is 16.3. The summed E-state index contributed by atoms with van der Waals surface area (Å²) in [5.41, 5.74) is 0.0490. The molecule has 2 heterocycles.